The van der Waals surface area contributed by atoms with Gasteiger partial charge in [-0.2, -0.15) is 0 Å². The van der Waals surface area contributed by atoms with Crippen molar-refractivity contribution in [2.24, 2.45) is 0 Å². The lowest BCUT2D eigenvalue weighted by Crippen LogP contribution is -1.88. The second-order valence-electron chi connectivity index (χ2n) is 2.52. The van der Waals surface area contributed by atoms with E-state index in [0.29, 0.717) is 12.2 Å². The predicted octanol–water partition coefficient (Wildman–Crippen LogP) is 2.30. The zero-order valence-corrected chi connectivity index (χ0v) is 6.42. The van der Waals surface area contributed by atoms with E-state index in [1.165, 1.54) is 0 Å². The van der Waals surface area contributed by atoms with Gasteiger partial charge in [0, 0.05) is 0 Å². The molecule has 1 aliphatic rings. The van der Waals surface area contributed by atoms with Crippen molar-refractivity contribution in [3.8, 4) is 0 Å². The largest absolute Gasteiger partial charge is 0.369 e. The molecule has 0 radical (unpaired) electrons. The molecule has 1 fully saturated rings. The number of ether oxygens (including phenoxy) is 1. The topological polar surface area (TPSA) is 12.5 Å². The molecule has 0 aliphatic carbocycles. The zero-order chi connectivity index (χ0) is 7.40. The third-order valence-corrected chi connectivity index (χ3v) is 1.73. The lowest BCUT2D eigenvalue weighted by atomic mass is 10.2. The molecule has 0 aromatic rings. The minimum Gasteiger partial charge on any atom is -0.369 e. The highest BCUT2D eigenvalue weighted by Gasteiger charge is 2.35. The first-order chi connectivity index (χ1) is 4.88. The Labute approximate surface area is 62.4 Å². The van der Waals surface area contributed by atoms with Gasteiger partial charge in [-0.3, -0.25) is 0 Å². The van der Waals surface area contributed by atoms with Gasteiger partial charge in [0.05, 0.1) is 12.2 Å². The highest BCUT2D eigenvalue weighted by Crippen LogP contribution is 2.27. The summed E-state index contributed by atoms with van der Waals surface area (Å²) in [6.45, 7) is 5.74. The van der Waals surface area contributed by atoms with Crippen molar-refractivity contribution in [2.45, 2.75) is 32.0 Å². The summed E-state index contributed by atoms with van der Waals surface area (Å²) >= 11 is 0. The first-order valence-corrected chi connectivity index (χ1v) is 3.81. The van der Waals surface area contributed by atoms with Crippen molar-refractivity contribution in [1.82, 2.24) is 0 Å². The van der Waals surface area contributed by atoms with Gasteiger partial charge < -0.3 is 4.74 Å². The lowest BCUT2D eigenvalue weighted by Gasteiger charge is -1.82. The molecule has 0 bridgehead atoms. The summed E-state index contributed by atoms with van der Waals surface area (Å²) in [7, 11) is 0. The van der Waals surface area contributed by atoms with Gasteiger partial charge in [-0.1, -0.05) is 31.7 Å². The minimum atomic E-state index is 0.501. The first-order valence-electron chi connectivity index (χ1n) is 3.81. The average Bonchev–Trinajstić information content (AvgIpc) is 2.68. The Kier molecular flexibility index (Phi) is 2.69. The molecular formula is C9H14O. The van der Waals surface area contributed by atoms with Crippen LogP contribution in [-0.4, -0.2) is 12.2 Å². The average molecular weight is 138 g/mol. The van der Waals surface area contributed by atoms with E-state index in [-0.39, 0.29) is 0 Å². The molecule has 1 rings (SSSR count). The van der Waals surface area contributed by atoms with Crippen LogP contribution in [0, 0.1) is 0 Å². The van der Waals surface area contributed by atoms with Crippen LogP contribution in [0.25, 0.3) is 0 Å². The minimum absolute atomic E-state index is 0.501. The van der Waals surface area contributed by atoms with Crippen LogP contribution in [0.2, 0.25) is 0 Å². The zero-order valence-electron chi connectivity index (χ0n) is 6.42. The summed E-state index contributed by atoms with van der Waals surface area (Å²) in [5.74, 6) is 0. The van der Waals surface area contributed by atoms with Crippen molar-refractivity contribution < 1.29 is 4.74 Å². The standard InChI is InChI=1S/C9H14O/c1-3-5-6-7-9-8(4-2)10-9/h3,5-6,8-9H,1,4,7H2,2H3. The molecule has 1 nitrogen and oxygen atoms in total. The molecule has 1 aliphatic heterocycles. The Balaban J connectivity index is 2.06. The molecule has 0 spiro atoms. The van der Waals surface area contributed by atoms with Crippen LogP contribution in [0.3, 0.4) is 0 Å². The summed E-state index contributed by atoms with van der Waals surface area (Å²) in [6, 6.07) is 0. The van der Waals surface area contributed by atoms with Crippen molar-refractivity contribution in [3.63, 3.8) is 0 Å². The fraction of sp³-hybridized carbons (Fsp3) is 0.556. The quantitative estimate of drug-likeness (QED) is 0.429. The summed E-state index contributed by atoms with van der Waals surface area (Å²) < 4.78 is 5.33. The second-order valence-corrected chi connectivity index (χ2v) is 2.52. The maximum atomic E-state index is 5.33. The fourth-order valence-corrected chi connectivity index (χ4v) is 1.05. The number of epoxide rings is 1. The normalized spacial score (nSPS) is 30.9. The van der Waals surface area contributed by atoms with Crippen LogP contribution >= 0.6 is 0 Å². The highest BCUT2D eigenvalue weighted by atomic mass is 16.6. The summed E-state index contributed by atoms with van der Waals surface area (Å²) in [5.41, 5.74) is 0. The van der Waals surface area contributed by atoms with E-state index in [1.807, 2.05) is 6.08 Å². The maximum absolute atomic E-state index is 5.33. The molecule has 56 valence electrons. The van der Waals surface area contributed by atoms with Crippen LogP contribution in [0.5, 0.6) is 0 Å². The third-order valence-electron chi connectivity index (χ3n) is 1.73. The van der Waals surface area contributed by atoms with E-state index >= 15 is 0 Å². The molecule has 0 amide bonds. The Morgan fingerprint density at radius 2 is 2.30 bits per heavy atom. The van der Waals surface area contributed by atoms with Crippen LogP contribution in [0.4, 0.5) is 0 Å². The van der Waals surface area contributed by atoms with Crippen molar-refractivity contribution in [1.29, 1.82) is 0 Å². The Morgan fingerprint density at radius 3 is 2.80 bits per heavy atom. The van der Waals surface area contributed by atoms with Crippen LogP contribution in [0.1, 0.15) is 19.8 Å². The van der Waals surface area contributed by atoms with Crippen molar-refractivity contribution in [2.75, 3.05) is 0 Å². The molecule has 1 heterocycles. The van der Waals surface area contributed by atoms with Gasteiger partial charge in [-0.05, 0) is 12.8 Å². The number of allylic oxidation sites excluding steroid dienone is 2. The molecular weight excluding hydrogens is 124 g/mol. The van der Waals surface area contributed by atoms with Crippen molar-refractivity contribution in [3.05, 3.63) is 24.8 Å². The Bertz CT molecular complexity index is 138. The van der Waals surface area contributed by atoms with E-state index in [9.17, 15) is 0 Å². The number of hydrogen-bond donors (Lipinski definition) is 0. The van der Waals surface area contributed by atoms with Gasteiger partial charge in [0.15, 0.2) is 0 Å². The van der Waals surface area contributed by atoms with Gasteiger partial charge in [0.1, 0.15) is 0 Å². The monoisotopic (exact) mass is 138 g/mol. The van der Waals surface area contributed by atoms with Gasteiger partial charge in [-0.15, -0.1) is 0 Å². The fourth-order valence-electron chi connectivity index (χ4n) is 1.05. The lowest BCUT2D eigenvalue weighted by molar-refractivity contribution is 0.367. The number of rotatable bonds is 4. The SMILES string of the molecule is C=CC=CCC1OC1CC. The highest BCUT2D eigenvalue weighted by molar-refractivity contribution is 5.00. The van der Waals surface area contributed by atoms with E-state index in [4.69, 9.17) is 4.74 Å². The molecule has 2 unspecified atom stereocenters. The van der Waals surface area contributed by atoms with Crippen LogP contribution < -0.4 is 0 Å². The molecule has 10 heavy (non-hydrogen) atoms. The molecule has 0 saturated carbocycles. The van der Waals surface area contributed by atoms with Gasteiger partial charge >= 0.3 is 0 Å². The van der Waals surface area contributed by atoms with Crippen LogP contribution in [0.15, 0.2) is 24.8 Å². The van der Waals surface area contributed by atoms with Gasteiger partial charge in [0.2, 0.25) is 0 Å². The third kappa shape index (κ3) is 1.99. The van der Waals surface area contributed by atoms with Gasteiger partial charge in [0.25, 0.3) is 0 Å². The summed E-state index contributed by atoms with van der Waals surface area (Å²) in [4.78, 5) is 0. The molecule has 0 N–H and O–H groups in total. The first kappa shape index (κ1) is 7.55. The van der Waals surface area contributed by atoms with Crippen molar-refractivity contribution >= 4 is 0 Å². The molecule has 2 atom stereocenters. The summed E-state index contributed by atoms with van der Waals surface area (Å²) in [5, 5.41) is 0. The molecule has 0 aromatic carbocycles. The second kappa shape index (κ2) is 3.57. The van der Waals surface area contributed by atoms with Gasteiger partial charge in [-0.25, -0.2) is 0 Å². The van der Waals surface area contributed by atoms with E-state index in [1.54, 1.807) is 6.08 Å². The van der Waals surface area contributed by atoms with E-state index < -0.39 is 0 Å². The Hall–Kier alpha value is -0.560. The van der Waals surface area contributed by atoms with E-state index in [0.717, 1.165) is 12.8 Å². The Morgan fingerprint density at radius 1 is 1.50 bits per heavy atom. The molecule has 1 saturated heterocycles. The van der Waals surface area contributed by atoms with Crippen LogP contribution in [-0.2, 0) is 4.74 Å². The maximum Gasteiger partial charge on any atom is 0.0876 e. The predicted molar refractivity (Wildman–Crippen MR) is 42.9 cm³/mol. The number of hydrogen-bond acceptors (Lipinski definition) is 1. The summed E-state index contributed by atoms with van der Waals surface area (Å²) in [6.07, 6.45) is 9.10. The molecule has 1 heteroatoms. The molecule has 0 aromatic heterocycles. The smallest absolute Gasteiger partial charge is 0.0876 e. The van der Waals surface area contributed by atoms with E-state index in [2.05, 4.69) is 19.6 Å².